The van der Waals surface area contributed by atoms with Crippen molar-refractivity contribution >= 4 is 5.91 Å². The third-order valence-corrected chi connectivity index (χ3v) is 3.93. The third kappa shape index (κ3) is 5.31. The number of carbonyl (C=O) groups excluding carboxylic acids is 1. The van der Waals surface area contributed by atoms with Gasteiger partial charge in [0.2, 0.25) is 5.91 Å². The van der Waals surface area contributed by atoms with Crippen molar-refractivity contribution in [3.63, 3.8) is 0 Å². The third-order valence-electron chi connectivity index (χ3n) is 3.93. The van der Waals surface area contributed by atoms with Gasteiger partial charge < -0.3 is 14.8 Å². The van der Waals surface area contributed by atoms with Gasteiger partial charge in [0.25, 0.3) is 0 Å². The molecule has 5 nitrogen and oxygen atoms in total. The maximum atomic E-state index is 11.9. The van der Waals surface area contributed by atoms with Crippen LogP contribution in [0, 0.1) is 0 Å². The number of hydrogen-bond acceptors (Lipinski definition) is 4. The molecule has 0 bridgehead atoms. The second-order valence-corrected chi connectivity index (χ2v) is 6.10. The lowest BCUT2D eigenvalue weighted by Crippen LogP contribution is -2.55. The molecule has 1 aliphatic rings. The number of nitrogens with zero attached hydrogens (tertiary/aromatic N) is 1. The van der Waals surface area contributed by atoms with E-state index in [2.05, 4.69) is 24.1 Å². The van der Waals surface area contributed by atoms with E-state index >= 15 is 0 Å². The minimum Gasteiger partial charge on any atom is -0.493 e. The Hall–Kier alpha value is -1.59. The highest BCUT2D eigenvalue weighted by Crippen LogP contribution is 2.15. The van der Waals surface area contributed by atoms with Gasteiger partial charge >= 0.3 is 0 Å². The number of hydrogen-bond donors (Lipinski definition) is 1. The summed E-state index contributed by atoms with van der Waals surface area (Å²) in [5, 5.41) is 3.01. The first-order valence-electron chi connectivity index (χ1n) is 7.85. The van der Waals surface area contributed by atoms with Crippen LogP contribution in [-0.2, 0) is 9.53 Å². The number of nitrogens with one attached hydrogen (secondary N) is 1. The van der Waals surface area contributed by atoms with Gasteiger partial charge in [-0.1, -0.05) is 18.2 Å². The Kier molecular flexibility index (Phi) is 6.21. The lowest BCUT2D eigenvalue weighted by molar-refractivity contribution is -0.122. The molecule has 0 aromatic heterocycles. The number of rotatable bonds is 7. The molecule has 0 atom stereocenters. The highest BCUT2D eigenvalue weighted by Gasteiger charge is 2.28. The van der Waals surface area contributed by atoms with E-state index in [0.29, 0.717) is 19.6 Å². The van der Waals surface area contributed by atoms with Gasteiger partial charge in [0.15, 0.2) is 0 Å². The molecule has 1 heterocycles. The van der Waals surface area contributed by atoms with E-state index in [1.807, 2.05) is 30.3 Å². The smallest absolute Gasteiger partial charge is 0.223 e. The Balaban J connectivity index is 1.66. The topological polar surface area (TPSA) is 50.8 Å². The van der Waals surface area contributed by atoms with Gasteiger partial charge in [0, 0.05) is 25.2 Å². The van der Waals surface area contributed by atoms with E-state index in [4.69, 9.17) is 9.47 Å². The van der Waals surface area contributed by atoms with Crippen molar-refractivity contribution in [2.24, 2.45) is 0 Å². The largest absolute Gasteiger partial charge is 0.493 e. The minimum atomic E-state index is -0.0558. The summed E-state index contributed by atoms with van der Waals surface area (Å²) in [7, 11) is 0. The van der Waals surface area contributed by atoms with Crippen LogP contribution in [0.25, 0.3) is 0 Å². The number of morpholine rings is 1. The molecule has 1 N–H and O–H groups in total. The van der Waals surface area contributed by atoms with Crippen molar-refractivity contribution in [2.75, 3.05) is 39.5 Å². The molecule has 22 heavy (non-hydrogen) atoms. The zero-order valence-corrected chi connectivity index (χ0v) is 13.5. The first kappa shape index (κ1) is 16.8. The van der Waals surface area contributed by atoms with E-state index in [0.717, 1.165) is 32.1 Å². The van der Waals surface area contributed by atoms with Crippen LogP contribution in [0.5, 0.6) is 5.75 Å². The average molecular weight is 306 g/mol. The quantitative estimate of drug-likeness (QED) is 0.833. The fraction of sp³-hybridized carbons (Fsp3) is 0.588. The summed E-state index contributed by atoms with van der Waals surface area (Å²) < 4.78 is 10.9. The van der Waals surface area contributed by atoms with Gasteiger partial charge in [0.05, 0.1) is 26.2 Å². The molecule has 1 amide bonds. The maximum Gasteiger partial charge on any atom is 0.223 e. The predicted octanol–water partition coefficient (Wildman–Crippen LogP) is 1.68. The summed E-state index contributed by atoms with van der Waals surface area (Å²) >= 11 is 0. The average Bonchev–Trinajstić information content (AvgIpc) is 2.55. The highest BCUT2D eigenvalue weighted by molar-refractivity contribution is 5.76. The van der Waals surface area contributed by atoms with E-state index in [1.165, 1.54) is 0 Å². The Bertz CT molecular complexity index is 456. The lowest BCUT2D eigenvalue weighted by Gasteiger charge is -2.40. The number of ether oxygens (including phenoxy) is 2. The number of para-hydroxylation sites is 1. The predicted molar refractivity (Wildman–Crippen MR) is 86.0 cm³/mol. The first-order chi connectivity index (χ1) is 10.6. The summed E-state index contributed by atoms with van der Waals surface area (Å²) in [6, 6.07) is 9.55. The molecular formula is C17H26N2O3. The molecule has 5 heteroatoms. The Morgan fingerprint density at radius 2 is 1.95 bits per heavy atom. The van der Waals surface area contributed by atoms with Gasteiger partial charge in [-0.15, -0.1) is 0 Å². The molecule has 0 unspecified atom stereocenters. The second-order valence-electron chi connectivity index (χ2n) is 6.10. The van der Waals surface area contributed by atoms with Crippen molar-refractivity contribution in [1.29, 1.82) is 0 Å². The fourth-order valence-corrected chi connectivity index (χ4v) is 2.46. The molecule has 0 aliphatic carbocycles. The molecule has 122 valence electrons. The van der Waals surface area contributed by atoms with Crippen LogP contribution in [0.3, 0.4) is 0 Å². The molecule has 1 saturated heterocycles. The summed E-state index contributed by atoms with van der Waals surface area (Å²) in [5.41, 5.74) is -0.0558. The normalized spacial score (nSPS) is 16.3. The number of amides is 1. The van der Waals surface area contributed by atoms with Gasteiger partial charge in [0.1, 0.15) is 5.75 Å². The molecule has 0 radical (unpaired) electrons. The lowest BCUT2D eigenvalue weighted by atomic mass is 10.0. The molecule has 1 aromatic rings. The Morgan fingerprint density at radius 1 is 1.27 bits per heavy atom. The van der Waals surface area contributed by atoms with Crippen molar-refractivity contribution in [1.82, 2.24) is 10.2 Å². The van der Waals surface area contributed by atoms with E-state index in [9.17, 15) is 4.79 Å². The van der Waals surface area contributed by atoms with Crippen molar-refractivity contribution in [3.8, 4) is 5.75 Å². The van der Waals surface area contributed by atoms with Crippen LogP contribution in [0.15, 0.2) is 30.3 Å². The molecule has 1 aromatic carbocycles. The van der Waals surface area contributed by atoms with Gasteiger partial charge in [-0.3, -0.25) is 9.69 Å². The minimum absolute atomic E-state index is 0.0252. The van der Waals surface area contributed by atoms with Crippen LogP contribution in [-0.4, -0.2) is 55.8 Å². The molecule has 2 rings (SSSR count). The van der Waals surface area contributed by atoms with Crippen LogP contribution in [0.4, 0.5) is 0 Å². The van der Waals surface area contributed by atoms with E-state index in [-0.39, 0.29) is 11.4 Å². The number of carbonyl (C=O) groups is 1. The second kappa shape index (κ2) is 8.15. The Labute approximate surface area is 132 Å². The summed E-state index contributed by atoms with van der Waals surface area (Å²) in [4.78, 5) is 14.3. The monoisotopic (exact) mass is 306 g/mol. The van der Waals surface area contributed by atoms with Gasteiger partial charge in [-0.25, -0.2) is 0 Å². The van der Waals surface area contributed by atoms with Gasteiger partial charge in [-0.2, -0.15) is 0 Å². The summed E-state index contributed by atoms with van der Waals surface area (Å²) in [5.74, 6) is 0.821. The first-order valence-corrected chi connectivity index (χ1v) is 7.85. The molecule has 1 fully saturated rings. The maximum absolute atomic E-state index is 11.9. The van der Waals surface area contributed by atoms with Crippen LogP contribution >= 0.6 is 0 Å². The van der Waals surface area contributed by atoms with Crippen LogP contribution < -0.4 is 10.1 Å². The van der Waals surface area contributed by atoms with Gasteiger partial charge in [-0.05, 0) is 26.0 Å². The van der Waals surface area contributed by atoms with Crippen molar-refractivity contribution in [3.05, 3.63) is 30.3 Å². The van der Waals surface area contributed by atoms with Crippen molar-refractivity contribution < 1.29 is 14.3 Å². The molecule has 0 saturated carbocycles. The standard InChI is InChI=1S/C17H26N2O3/c1-17(2,19-9-12-21-13-10-19)14-18-16(20)8-11-22-15-6-4-3-5-7-15/h3-7H,8-14H2,1-2H3,(H,18,20). The summed E-state index contributed by atoms with van der Waals surface area (Å²) in [6.45, 7) is 8.70. The van der Waals surface area contributed by atoms with Crippen LogP contribution in [0.2, 0.25) is 0 Å². The van der Waals surface area contributed by atoms with E-state index in [1.54, 1.807) is 0 Å². The molecular weight excluding hydrogens is 280 g/mol. The molecule has 0 spiro atoms. The van der Waals surface area contributed by atoms with E-state index < -0.39 is 0 Å². The SMILES string of the molecule is CC(C)(CNC(=O)CCOc1ccccc1)N1CCOCC1. The number of benzene rings is 1. The van der Waals surface area contributed by atoms with Crippen molar-refractivity contribution in [2.45, 2.75) is 25.8 Å². The Morgan fingerprint density at radius 3 is 2.64 bits per heavy atom. The zero-order valence-electron chi connectivity index (χ0n) is 13.5. The highest BCUT2D eigenvalue weighted by atomic mass is 16.5. The fourth-order valence-electron chi connectivity index (χ4n) is 2.46. The summed E-state index contributed by atoms with van der Waals surface area (Å²) in [6.07, 6.45) is 0.369. The molecule has 1 aliphatic heterocycles. The zero-order chi connectivity index (χ0) is 15.8. The van der Waals surface area contributed by atoms with Crippen LogP contribution in [0.1, 0.15) is 20.3 Å².